The molecule has 1 fully saturated rings. The number of rotatable bonds is 4. The van der Waals surface area contributed by atoms with Gasteiger partial charge < -0.3 is 9.80 Å². The lowest BCUT2D eigenvalue weighted by molar-refractivity contribution is -0.132. The minimum Gasteiger partial charge on any atom is -0.339 e. The second kappa shape index (κ2) is 8.20. The van der Waals surface area contributed by atoms with E-state index in [1.54, 1.807) is 17.5 Å². The molecule has 4 heterocycles. The van der Waals surface area contributed by atoms with Gasteiger partial charge in [-0.25, -0.2) is 4.98 Å². The summed E-state index contributed by atoms with van der Waals surface area (Å²) in [7, 11) is 0. The van der Waals surface area contributed by atoms with Crippen molar-refractivity contribution in [2.45, 2.75) is 13.3 Å². The first-order valence-corrected chi connectivity index (χ1v) is 10.8. The number of nitrogens with zero attached hydrogens (tertiary/aromatic N) is 4. The van der Waals surface area contributed by atoms with Gasteiger partial charge in [-0.15, -0.1) is 22.7 Å². The van der Waals surface area contributed by atoms with Crippen LogP contribution in [0, 0.1) is 6.92 Å². The molecule has 28 heavy (non-hydrogen) atoms. The van der Waals surface area contributed by atoms with Crippen molar-refractivity contribution in [3.63, 3.8) is 0 Å². The number of carbonyl (C=O) groups is 2. The fourth-order valence-corrected chi connectivity index (χ4v) is 5.00. The van der Waals surface area contributed by atoms with Crippen molar-refractivity contribution in [2.24, 2.45) is 0 Å². The first-order chi connectivity index (χ1) is 13.6. The number of aromatic nitrogens is 2. The highest BCUT2D eigenvalue weighted by Crippen LogP contribution is 2.31. The standard InChI is InChI=1S/C20H20N4O2S2/c1-14-18(28-19(22-14)16-6-4-12-27-16)20(26)24-10-8-23(9-11-24)17(25)13-15-5-2-3-7-21-15/h2-7,12H,8-11,13H2,1H3. The molecule has 8 heteroatoms. The Morgan fingerprint density at radius 1 is 1.07 bits per heavy atom. The second-order valence-electron chi connectivity index (χ2n) is 6.58. The maximum Gasteiger partial charge on any atom is 0.265 e. The van der Waals surface area contributed by atoms with Crippen LogP contribution in [0.1, 0.15) is 21.1 Å². The molecule has 0 aromatic carbocycles. The van der Waals surface area contributed by atoms with Gasteiger partial charge in [0.2, 0.25) is 5.91 Å². The van der Waals surface area contributed by atoms with Gasteiger partial charge >= 0.3 is 0 Å². The molecular formula is C20H20N4O2S2. The number of thiazole rings is 1. The Bertz CT molecular complexity index is 962. The average Bonchev–Trinajstić information content (AvgIpc) is 3.38. The Morgan fingerprint density at radius 2 is 1.86 bits per heavy atom. The zero-order chi connectivity index (χ0) is 19.5. The fraction of sp³-hybridized carbons (Fsp3) is 0.300. The molecule has 1 aliphatic rings. The predicted molar refractivity (Wildman–Crippen MR) is 111 cm³/mol. The maximum absolute atomic E-state index is 13.0. The Balaban J connectivity index is 1.37. The lowest BCUT2D eigenvalue weighted by atomic mass is 10.2. The summed E-state index contributed by atoms with van der Waals surface area (Å²) in [5.74, 6) is 0.0642. The first kappa shape index (κ1) is 18.8. The molecule has 2 amide bonds. The molecule has 3 aromatic heterocycles. The fourth-order valence-electron chi connectivity index (χ4n) is 3.17. The van der Waals surface area contributed by atoms with Crippen LogP contribution in [0.3, 0.4) is 0 Å². The summed E-state index contributed by atoms with van der Waals surface area (Å²) in [4.78, 5) is 39.6. The van der Waals surface area contributed by atoms with Crippen molar-refractivity contribution in [3.8, 4) is 9.88 Å². The van der Waals surface area contributed by atoms with Crippen LogP contribution in [0.5, 0.6) is 0 Å². The SMILES string of the molecule is Cc1nc(-c2cccs2)sc1C(=O)N1CCN(C(=O)Cc2ccccn2)CC1. The van der Waals surface area contributed by atoms with E-state index in [4.69, 9.17) is 0 Å². The molecule has 1 saturated heterocycles. The van der Waals surface area contributed by atoms with E-state index in [1.807, 2.05) is 52.4 Å². The van der Waals surface area contributed by atoms with Crippen LogP contribution in [0.4, 0.5) is 0 Å². The number of piperazine rings is 1. The predicted octanol–water partition coefficient (Wildman–Crippen LogP) is 3.10. The molecule has 0 bridgehead atoms. The van der Waals surface area contributed by atoms with E-state index >= 15 is 0 Å². The smallest absolute Gasteiger partial charge is 0.265 e. The van der Waals surface area contributed by atoms with Gasteiger partial charge in [0.25, 0.3) is 5.91 Å². The Kier molecular flexibility index (Phi) is 5.50. The molecular weight excluding hydrogens is 392 g/mol. The Labute approximate surface area is 171 Å². The van der Waals surface area contributed by atoms with Crippen molar-refractivity contribution < 1.29 is 9.59 Å². The first-order valence-electron chi connectivity index (χ1n) is 9.10. The highest BCUT2D eigenvalue weighted by Gasteiger charge is 2.27. The molecule has 3 aromatic rings. The zero-order valence-electron chi connectivity index (χ0n) is 15.5. The van der Waals surface area contributed by atoms with Gasteiger partial charge in [-0.2, -0.15) is 0 Å². The summed E-state index contributed by atoms with van der Waals surface area (Å²) in [6.45, 7) is 4.06. The normalized spacial score (nSPS) is 14.3. The minimum absolute atomic E-state index is 0.00892. The highest BCUT2D eigenvalue weighted by atomic mass is 32.1. The number of amides is 2. The third-order valence-electron chi connectivity index (χ3n) is 4.70. The van der Waals surface area contributed by atoms with Gasteiger partial charge in [0, 0.05) is 38.1 Å². The lowest BCUT2D eigenvalue weighted by Crippen LogP contribution is -2.51. The summed E-state index contributed by atoms with van der Waals surface area (Å²) in [6.07, 6.45) is 1.99. The molecule has 1 aliphatic heterocycles. The number of hydrogen-bond acceptors (Lipinski definition) is 6. The van der Waals surface area contributed by atoms with Gasteiger partial charge in [-0.05, 0) is 30.5 Å². The van der Waals surface area contributed by atoms with E-state index < -0.39 is 0 Å². The number of thiophene rings is 1. The molecule has 0 radical (unpaired) electrons. The van der Waals surface area contributed by atoms with E-state index in [9.17, 15) is 9.59 Å². The van der Waals surface area contributed by atoms with Gasteiger partial charge in [-0.3, -0.25) is 14.6 Å². The van der Waals surface area contributed by atoms with Crippen molar-refractivity contribution in [1.29, 1.82) is 0 Å². The molecule has 0 spiro atoms. The lowest BCUT2D eigenvalue weighted by Gasteiger charge is -2.34. The van der Waals surface area contributed by atoms with Crippen molar-refractivity contribution in [1.82, 2.24) is 19.8 Å². The second-order valence-corrected chi connectivity index (χ2v) is 8.53. The van der Waals surface area contributed by atoms with E-state index in [1.165, 1.54) is 11.3 Å². The van der Waals surface area contributed by atoms with Crippen molar-refractivity contribution in [2.75, 3.05) is 26.2 Å². The number of hydrogen-bond donors (Lipinski definition) is 0. The average molecular weight is 413 g/mol. The molecule has 0 N–H and O–H groups in total. The monoisotopic (exact) mass is 412 g/mol. The zero-order valence-corrected chi connectivity index (χ0v) is 17.1. The summed E-state index contributed by atoms with van der Waals surface area (Å²) >= 11 is 3.07. The third-order valence-corrected chi connectivity index (χ3v) is 6.89. The molecule has 0 aliphatic carbocycles. The van der Waals surface area contributed by atoms with Crippen LogP contribution in [0.25, 0.3) is 9.88 Å². The Morgan fingerprint density at radius 3 is 2.54 bits per heavy atom. The van der Waals surface area contributed by atoms with Gasteiger partial charge in [0.1, 0.15) is 9.88 Å². The van der Waals surface area contributed by atoms with E-state index in [-0.39, 0.29) is 11.8 Å². The summed E-state index contributed by atoms with van der Waals surface area (Å²) in [5.41, 5.74) is 1.54. The highest BCUT2D eigenvalue weighted by molar-refractivity contribution is 7.22. The van der Waals surface area contributed by atoms with Crippen LogP contribution in [0.2, 0.25) is 0 Å². The van der Waals surface area contributed by atoms with Crippen LogP contribution in [-0.2, 0) is 11.2 Å². The molecule has 0 atom stereocenters. The molecule has 6 nitrogen and oxygen atoms in total. The summed E-state index contributed by atoms with van der Waals surface area (Å²) in [6, 6.07) is 9.58. The topological polar surface area (TPSA) is 66.4 Å². The largest absolute Gasteiger partial charge is 0.339 e. The van der Waals surface area contributed by atoms with Crippen molar-refractivity contribution >= 4 is 34.5 Å². The van der Waals surface area contributed by atoms with Gasteiger partial charge in [-0.1, -0.05) is 12.1 Å². The summed E-state index contributed by atoms with van der Waals surface area (Å²) < 4.78 is 0. The molecule has 0 saturated carbocycles. The van der Waals surface area contributed by atoms with Crippen LogP contribution < -0.4 is 0 Å². The van der Waals surface area contributed by atoms with Gasteiger partial charge in [0.15, 0.2) is 0 Å². The van der Waals surface area contributed by atoms with Crippen LogP contribution in [-0.4, -0.2) is 57.8 Å². The van der Waals surface area contributed by atoms with Crippen molar-refractivity contribution in [3.05, 3.63) is 58.2 Å². The number of aryl methyl sites for hydroxylation is 1. The van der Waals surface area contributed by atoms with E-state index in [0.29, 0.717) is 37.5 Å². The minimum atomic E-state index is 0.00892. The quantitative estimate of drug-likeness (QED) is 0.660. The number of carbonyl (C=O) groups excluding carboxylic acids is 2. The van der Waals surface area contributed by atoms with E-state index in [2.05, 4.69) is 9.97 Å². The van der Waals surface area contributed by atoms with Crippen LogP contribution in [0.15, 0.2) is 41.9 Å². The van der Waals surface area contributed by atoms with Gasteiger partial charge in [0.05, 0.1) is 17.0 Å². The Hall–Kier alpha value is -2.58. The maximum atomic E-state index is 13.0. The molecule has 144 valence electrons. The number of pyridine rings is 1. The molecule has 0 unspecified atom stereocenters. The summed E-state index contributed by atoms with van der Waals surface area (Å²) in [5, 5.41) is 2.90. The third kappa shape index (κ3) is 3.98. The van der Waals surface area contributed by atoms with E-state index in [0.717, 1.165) is 21.3 Å². The molecule has 4 rings (SSSR count). The van der Waals surface area contributed by atoms with Crippen LogP contribution >= 0.6 is 22.7 Å².